The molecule has 1 saturated heterocycles. The average molecular weight is 219 g/mol. The van der Waals surface area contributed by atoms with Gasteiger partial charge in [0.15, 0.2) is 0 Å². The van der Waals surface area contributed by atoms with Gasteiger partial charge in [0.25, 0.3) is 0 Å². The molecule has 0 bridgehead atoms. The highest BCUT2D eigenvalue weighted by atomic mass is 19.1. The van der Waals surface area contributed by atoms with E-state index in [4.69, 9.17) is 0 Å². The zero-order chi connectivity index (χ0) is 11.0. The standard InChI is InChI=1S/C12H14FN3/c13-10-4-3-9-7-15-16(12(9)6-10)8-11-2-1-5-14-11/h3-4,6-7,11,14H,1-2,5,8H2/t11-/m0/s1. The number of hydrogen-bond donors (Lipinski definition) is 1. The largest absolute Gasteiger partial charge is 0.312 e. The molecule has 84 valence electrons. The summed E-state index contributed by atoms with van der Waals surface area (Å²) in [5.41, 5.74) is 0.883. The molecule has 1 aromatic carbocycles. The number of halogens is 1. The lowest BCUT2D eigenvalue weighted by atomic mass is 10.2. The topological polar surface area (TPSA) is 29.9 Å². The molecular formula is C12H14FN3. The van der Waals surface area contributed by atoms with E-state index in [0.717, 1.165) is 24.0 Å². The van der Waals surface area contributed by atoms with Gasteiger partial charge in [-0.25, -0.2) is 4.39 Å². The number of nitrogens with zero attached hydrogens (tertiary/aromatic N) is 2. The van der Waals surface area contributed by atoms with Crippen LogP contribution >= 0.6 is 0 Å². The van der Waals surface area contributed by atoms with Crippen molar-refractivity contribution in [2.75, 3.05) is 6.54 Å². The molecule has 1 aliphatic rings. The minimum atomic E-state index is -0.200. The molecule has 1 aromatic heterocycles. The summed E-state index contributed by atoms with van der Waals surface area (Å²) in [6.45, 7) is 1.91. The van der Waals surface area contributed by atoms with Gasteiger partial charge < -0.3 is 5.32 Å². The van der Waals surface area contributed by atoms with Crippen LogP contribution in [0.25, 0.3) is 10.9 Å². The summed E-state index contributed by atoms with van der Waals surface area (Å²) in [4.78, 5) is 0. The number of rotatable bonds is 2. The summed E-state index contributed by atoms with van der Waals surface area (Å²) in [5, 5.41) is 8.73. The van der Waals surface area contributed by atoms with Crippen molar-refractivity contribution in [3.63, 3.8) is 0 Å². The van der Waals surface area contributed by atoms with E-state index in [0.29, 0.717) is 6.04 Å². The van der Waals surface area contributed by atoms with Crippen LogP contribution in [0.15, 0.2) is 24.4 Å². The van der Waals surface area contributed by atoms with Crippen LogP contribution in [0.4, 0.5) is 4.39 Å². The maximum absolute atomic E-state index is 13.2. The molecule has 1 aliphatic heterocycles. The molecule has 2 heterocycles. The van der Waals surface area contributed by atoms with E-state index in [-0.39, 0.29) is 5.82 Å². The molecule has 1 fully saturated rings. The van der Waals surface area contributed by atoms with Gasteiger partial charge in [-0.2, -0.15) is 5.10 Å². The molecule has 0 unspecified atom stereocenters. The van der Waals surface area contributed by atoms with E-state index < -0.39 is 0 Å². The van der Waals surface area contributed by atoms with Crippen LogP contribution in [0.2, 0.25) is 0 Å². The van der Waals surface area contributed by atoms with Crippen LogP contribution in [0, 0.1) is 5.82 Å². The molecule has 4 heteroatoms. The Morgan fingerprint density at radius 1 is 1.50 bits per heavy atom. The zero-order valence-corrected chi connectivity index (χ0v) is 8.99. The van der Waals surface area contributed by atoms with Gasteiger partial charge in [-0.05, 0) is 37.6 Å². The van der Waals surface area contributed by atoms with Gasteiger partial charge >= 0.3 is 0 Å². The summed E-state index contributed by atoms with van der Waals surface area (Å²) in [6.07, 6.45) is 4.19. The third-order valence-corrected chi connectivity index (χ3v) is 3.16. The average Bonchev–Trinajstić information content (AvgIpc) is 2.90. The Balaban J connectivity index is 1.93. The van der Waals surface area contributed by atoms with Gasteiger partial charge in [-0.1, -0.05) is 0 Å². The number of hydrogen-bond acceptors (Lipinski definition) is 2. The number of aromatic nitrogens is 2. The second-order valence-electron chi connectivity index (χ2n) is 4.32. The van der Waals surface area contributed by atoms with Crippen LogP contribution < -0.4 is 5.32 Å². The molecule has 1 atom stereocenters. The highest BCUT2D eigenvalue weighted by Crippen LogP contribution is 2.16. The van der Waals surface area contributed by atoms with E-state index in [2.05, 4.69) is 10.4 Å². The van der Waals surface area contributed by atoms with Crippen molar-refractivity contribution in [1.82, 2.24) is 15.1 Å². The van der Waals surface area contributed by atoms with E-state index >= 15 is 0 Å². The van der Waals surface area contributed by atoms with Crippen LogP contribution in [0.3, 0.4) is 0 Å². The molecule has 16 heavy (non-hydrogen) atoms. The van der Waals surface area contributed by atoms with Crippen molar-refractivity contribution < 1.29 is 4.39 Å². The second kappa shape index (κ2) is 3.87. The molecule has 0 amide bonds. The van der Waals surface area contributed by atoms with Crippen molar-refractivity contribution >= 4 is 10.9 Å². The van der Waals surface area contributed by atoms with Crippen molar-refractivity contribution in [3.05, 3.63) is 30.2 Å². The van der Waals surface area contributed by atoms with Crippen LogP contribution in [-0.4, -0.2) is 22.4 Å². The van der Waals surface area contributed by atoms with E-state index in [9.17, 15) is 4.39 Å². The summed E-state index contributed by atoms with van der Waals surface area (Å²) < 4.78 is 15.0. The number of fused-ring (bicyclic) bond motifs is 1. The van der Waals surface area contributed by atoms with E-state index in [1.165, 1.54) is 18.9 Å². The van der Waals surface area contributed by atoms with E-state index in [1.807, 2.05) is 4.68 Å². The molecule has 3 rings (SSSR count). The maximum Gasteiger partial charge on any atom is 0.125 e. The lowest BCUT2D eigenvalue weighted by molar-refractivity contribution is 0.485. The quantitative estimate of drug-likeness (QED) is 0.836. The first-order valence-electron chi connectivity index (χ1n) is 5.67. The highest BCUT2D eigenvalue weighted by Gasteiger charge is 2.15. The number of benzene rings is 1. The van der Waals surface area contributed by atoms with Gasteiger partial charge in [0.2, 0.25) is 0 Å². The Bertz CT molecular complexity index is 500. The number of nitrogens with one attached hydrogen (secondary N) is 1. The normalized spacial score (nSPS) is 20.7. The van der Waals surface area contributed by atoms with Gasteiger partial charge in [-0.3, -0.25) is 4.68 Å². The fourth-order valence-corrected chi connectivity index (χ4v) is 2.31. The molecule has 3 nitrogen and oxygen atoms in total. The lowest BCUT2D eigenvalue weighted by Gasteiger charge is -2.10. The van der Waals surface area contributed by atoms with Crippen molar-refractivity contribution in [2.45, 2.75) is 25.4 Å². The van der Waals surface area contributed by atoms with Crippen LogP contribution in [0.5, 0.6) is 0 Å². The molecule has 2 aromatic rings. The summed E-state index contributed by atoms with van der Waals surface area (Å²) >= 11 is 0. The molecule has 0 saturated carbocycles. The summed E-state index contributed by atoms with van der Waals surface area (Å²) in [6, 6.07) is 5.28. The Hall–Kier alpha value is -1.42. The lowest BCUT2D eigenvalue weighted by Crippen LogP contribution is -2.27. The predicted molar refractivity (Wildman–Crippen MR) is 60.7 cm³/mol. The summed E-state index contributed by atoms with van der Waals surface area (Å²) in [7, 11) is 0. The minimum absolute atomic E-state index is 0.200. The smallest absolute Gasteiger partial charge is 0.125 e. The zero-order valence-electron chi connectivity index (χ0n) is 8.99. The van der Waals surface area contributed by atoms with Gasteiger partial charge in [0.05, 0.1) is 18.3 Å². The fraction of sp³-hybridized carbons (Fsp3) is 0.417. The van der Waals surface area contributed by atoms with E-state index in [1.54, 1.807) is 18.3 Å². The monoisotopic (exact) mass is 219 g/mol. The second-order valence-corrected chi connectivity index (χ2v) is 4.32. The first kappa shape index (κ1) is 9.78. The molecular weight excluding hydrogens is 205 g/mol. The Morgan fingerprint density at radius 2 is 2.44 bits per heavy atom. The Kier molecular flexibility index (Phi) is 2.36. The molecule has 0 spiro atoms. The van der Waals surface area contributed by atoms with Crippen LogP contribution in [0.1, 0.15) is 12.8 Å². The Labute approximate surface area is 93.3 Å². The van der Waals surface area contributed by atoms with Crippen molar-refractivity contribution in [2.24, 2.45) is 0 Å². The molecule has 0 radical (unpaired) electrons. The maximum atomic E-state index is 13.2. The van der Waals surface area contributed by atoms with Gasteiger partial charge in [0.1, 0.15) is 5.82 Å². The highest BCUT2D eigenvalue weighted by molar-refractivity contribution is 5.78. The molecule has 1 N–H and O–H groups in total. The first-order valence-corrected chi connectivity index (χ1v) is 5.67. The van der Waals surface area contributed by atoms with Crippen molar-refractivity contribution in [1.29, 1.82) is 0 Å². The third kappa shape index (κ3) is 1.69. The first-order chi connectivity index (χ1) is 7.83. The van der Waals surface area contributed by atoms with Crippen molar-refractivity contribution in [3.8, 4) is 0 Å². The van der Waals surface area contributed by atoms with Crippen LogP contribution in [-0.2, 0) is 6.54 Å². The Morgan fingerprint density at radius 3 is 3.25 bits per heavy atom. The predicted octanol–water partition coefficient (Wildman–Crippen LogP) is 1.93. The van der Waals surface area contributed by atoms with Gasteiger partial charge in [0, 0.05) is 11.4 Å². The summed E-state index contributed by atoms with van der Waals surface area (Å²) in [5.74, 6) is -0.200. The molecule has 0 aliphatic carbocycles. The fourth-order valence-electron chi connectivity index (χ4n) is 2.31. The van der Waals surface area contributed by atoms with Gasteiger partial charge in [-0.15, -0.1) is 0 Å². The SMILES string of the molecule is Fc1ccc2cnn(C[C@@H]3CCCN3)c2c1. The third-order valence-electron chi connectivity index (χ3n) is 3.16. The minimum Gasteiger partial charge on any atom is -0.312 e.